The number of nitrogens with one attached hydrogen (secondary N) is 2. The van der Waals surface area contributed by atoms with Gasteiger partial charge in [0, 0.05) is 30.1 Å². The van der Waals surface area contributed by atoms with E-state index in [1.54, 1.807) is 0 Å². The molecule has 1 heterocycles. The van der Waals surface area contributed by atoms with E-state index in [1.165, 1.54) is 38.7 Å². The Labute approximate surface area is 162 Å². The number of rotatable bonds is 7. The van der Waals surface area contributed by atoms with E-state index in [1.807, 2.05) is 0 Å². The van der Waals surface area contributed by atoms with Crippen LogP contribution in [0.1, 0.15) is 53.5 Å². The molecule has 1 atom stereocenters. The number of fused-ring (bicyclic) bond motifs is 1. The van der Waals surface area contributed by atoms with Crippen LogP contribution in [0.25, 0.3) is 10.9 Å². The van der Waals surface area contributed by atoms with Crippen molar-refractivity contribution in [3.8, 4) is 0 Å². The topological polar surface area (TPSA) is 44.9 Å². The summed E-state index contributed by atoms with van der Waals surface area (Å²) in [5.74, 6) is 0.537. The molecule has 0 saturated carbocycles. The zero-order valence-electron chi connectivity index (χ0n) is 16.9. The normalized spacial score (nSPS) is 12.3. The van der Waals surface area contributed by atoms with Gasteiger partial charge in [-0.25, -0.2) is 0 Å². The summed E-state index contributed by atoms with van der Waals surface area (Å²) >= 11 is 0. The predicted molar refractivity (Wildman–Crippen MR) is 113 cm³/mol. The molecule has 142 valence electrons. The molecule has 0 radical (unpaired) electrons. The van der Waals surface area contributed by atoms with Crippen molar-refractivity contribution < 1.29 is 4.79 Å². The number of para-hydroxylation sites is 1. The fourth-order valence-corrected chi connectivity index (χ4v) is 3.79. The summed E-state index contributed by atoms with van der Waals surface area (Å²) in [6.45, 7) is 9.27. The molecule has 1 aromatic heterocycles. The number of carbonyl (C=O) groups is 1. The third kappa shape index (κ3) is 4.60. The Hall–Kier alpha value is -2.55. The molecule has 1 amide bonds. The van der Waals surface area contributed by atoms with Gasteiger partial charge in [-0.15, -0.1) is 0 Å². The highest BCUT2D eigenvalue weighted by Gasteiger charge is 2.12. The monoisotopic (exact) mass is 362 g/mol. The first-order valence-corrected chi connectivity index (χ1v) is 9.85. The lowest BCUT2D eigenvalue weighted by Gasteiger charge is -2.15. The van der Waals surface area contributed by atoms with Crippen LogP contribution in [0.5, 0.6) is 0 Å². The maximum Gasteiger partial charge on any atom is 0.220 e. The second-order valence-electron chi connectivity index (χ2n) is 7.71. The molecule has 0 aliphatic rings. The molecule has 0 bridgehead atoms. The molecule has 3 rings (SSSR count). The largest absolute Gasteiger partial charge is 0.361 e. The predicted octanol–water partition coefficient (Wildman–Crippen LogP) is 5.34. The van der Waals surface area contributed by atoms with E-state index < -0.39 is 0 Å². The highest BCUT2D eigenvalue weighted by molar-refractivity contribution is 5.86. The number of amides is 1. The number of H-pyrrole nitrogens is 1. The van der Waals surface area contributed by atoms with Crippen LogP contribution in [-0.4, -0.2) is 17.4 Å². The molecule has 0 unspecified atom stereocenters. The summed E-state index contributed by atoms with van der Waals surface area (Å²) in [5.41, 5.74) is 7.66. The van der Waals surface area contributed by atoms with Crippen molar-refractivity contribution in [2.45, 2.75) is 52.9 Å². The van der Waals surface area contributed by atoms with Gasteiger partial charge in [0.1, 0.15) is 0 Å². The molecule has 0 aliphatic heterocycles. The lowest BCUT2D eigenvalue weighted by molar-refractivity contribution is -0.121. The van der Waals surface area contributed by atoms with Crippen LogP contribution in [0.4, 0.5) is 0 Å². The van der Waals surface area contributed by atoms with Crippen LogP contribution >= 0.6 is 0 Å². The smallest absolute Gasteiger partial charge is 0.220 e. The maximum atomic E-state index is 12.3. The Morgan fingerprint density at radius 1 is 1.11 bits per heavy atom. The van der Waals surface area contributed by atoms with Crippen LogP contribution < -0.4 is 5.32 Å². The SMILES string of the molecule is Cc1ccc(C)c([C@H](C)CCC(=O)NCCc2c[nH]c3c(C)cccc23)c1. The van der Waals surface area contributed by atoms with Gasteiger partial charge in [0.2, 0.25) is 5.91 Å². The molecule has 2 N–H and O–H groups in total. The molecular weight excluding hydrogens is 332 g/mol. The number of aryl methyl sites for hydroxylation is 3. The minimum atomic E-state index is 0.142. The van der Waals surface area contributed by atoms with Crippen LogP contribution in [0.2, 0.25) is 0 Å². The van der Waals surface area contributed by atoms with E-state index in [2.05, 4.69) is 80.6 Å². The molecule has 3 nitrogen and oxygen atoms in total. The van der Waals surface area contributed by atoms with Gasteiger partial charge in [-0.05, 0) is 61.8 Å². The number of carbonyl (C=O) groups excluding carboxylic acids is 1. The number of hydrogen-bond acceptors (Lipinski definition) is 1. The molecular formula is C24H30N2O. The molecule has 0 saturated heterocycles. The number of aromatic amines is 1. The summed E-state index contributed by atoms with van der Waals surface area (Å²) in [7, 11) is 0. The summed E-state index contributed by atoms with van der Waals surface area (Å²) in [4.78, 5) is 15.6. The Morgan fingerprint density at radius 2 is 1.93 bits per heavy atom. The number of benzene rings is 2. The Kier molecular flexibility index (Phi) is 6.00. The van der Waals surface area contributed by atoms with Crippen LogP contribution in [0.3, 0.4) is 0 Å². The highest BCUT2D eigenvalue weighted by Crippen LogP contribution is 2.25. The van der Waals surface area contributed by atoms with E-state index in [4.69, 9.17) is 0 Å². The van der Waals surface area contributed by atoms with E-state index in [9.17, 15) is 4.79 Å². The molecule has 27 heavy (non-hydrogen) atoms. The molecule has 3 heteroatoms. The number of aromatic nitrogens is 1. The van der Waals surface area contributed by atoms with Gasteiger partial charge < -0.3 is 10.3 Å². The molecule has 3 aromatic rings. The lowest BCUT2D eigenvalue weighted by atomic mass is 9.91. The third-order valence-corrected chi connectivity index (χ3v) is 5.50. The molecule has 2 aromatic carbocycles. The Balaban J connectivity index is 1.48. The average molecular weight is 363 g/mol. The summed E-state index contributed by atoms with van der Waals surface area (Å²) in [5, 5.41) is 4.34. The van der Waals surface area contributed by atoms with Crippen LogP contribution in [-0.2, 0) is 11.2 Å². The molecule has 0 spiro atoms. The number of hydrogen-bond donors (Lipinski definition) is 2. The summed E-state index contributed by atoms with van der Waals surface area (Å²) in [6.07, 6.45) is 4.36. The van der Waals surface area contributed by atoms with E-state index in [0.717, 1.165) is 12.8 Å². The maximum absolute atomic E-state index is 12.3. The average Bonchev–Trinajstić information content (AvgIpc) is 3.06. The standard InChI is InChI=1S/C24H30N2O/c1-16-8-9-17(2)22(14-16)18(3)10-11-23(27)25-13-12-20-15-26-24-19(4)6-5-7-21(20)24/h5-9,14-15,18,26H,10-13H2,1-4H3,(H,25,27)/t18-/m1/s1. The summed E-state index contributed by atoms with van der Waals surface area (Å²) in [6, 6.07) is 12.9. The van der Waals surface area contributed by atoms with Crippen molar-refractivity contribution in [1.82, 2.24) is 10.3 Å². The minimum Gasteiger partial charge on any atom is -0.361 e. The van der Waals surface area contributed by atoms with Crippen molar-refractivity contribution in [1.29, 1.82) is 0 Å². The third-order valence-electron chi connectivity index (χ3n) is 5.50. The first-order valence-electron chi connectivity index (χ1n) is 9.85. The van der Waals surface area contributed by atoms with Gasteiger partial charge in [0.05, 0.1) is 0 Å². The van der Waals surface area contributed by atoms with Crippen molar-refractivity contribution in [2.24, 2.45) is 0 Å². The minimum absolute atomic E-state index is 0.142. The van der Waals surface area contributed by atoms with E-state index >= 15 is 0 Å². The van der Waals surface area contributed by atoms with Gasteiger partial charge in [-0.3, -0.25) is 4.79 Å². The van der Waals surface area contributed by atoms with Crippen molar-refractivity contribution in [2.75, 3.05) is 6.54 Å². The second-order valence-corrected chi connectivity index (χ2v) is 7.71. The second kappa shape index (κ2) is 8.43. The lowest BCUT2D eigenvalue weighted by Crippen LogP contribution is -2.25. The van der Waals surface area contributed by atoms with Crippen LogP contribution in [0, 0.1) is 20.8 Å². The van der Waals surface area contributed by atoms with Gasteiger partial charge in [-0.2, -0.15) is 0 Å². The van der Waals surface area contributed by atoms with Gasteiger partial charge >= 0.3 is 0 Å². The van der Waals surface area contributed by atoms with Crippen LogP contribution in [0.15, 0.2) is 42.6 Å². The quantitative estimate of drug-likeness (QED) is 0.586. The van der Waals surface area contributed by atoms with Gasteiger partial charge in [0.15, 0.2) is 0 Å². The van der Waals surface area contributed by atoms with Crippen molar-refractivity contribution >= 4 is 16.8 Å². The molecule has 0 aliphatic carbocycles. The zero-order valence-corrected chi connectivity index (χ0v) is 16.9. The van der Waals surface area contributed by atoms with Gasteiger partial charge in [-0.1, -0.05) is 48.9 Å². The van der Waals surface area contributed by atoms with E-state index in [-0.39, 0.29) is 5.91 Å². The fourth-order valence-electron chi connectivity index (χ4n) is 3.79. The zero-order chi connectivity index (χ0) is 19.4. The Morgan fingerprint density at radius 3 is 2.74 bits per heavy atom. The van der Waals surface area contributed by atoms with Crippen molar-refractivity contribution in [3.63, 3.8) is 0 Å². The fraction of sp³-hybridized carbons (Fsp3) is 0.375. The molecule has 0 fully saturated rings. The van der Waals surface area contributed by atoms with Crippen molar-refractivity contribution in [3.05, 3.63) is 70.4 Å². The highest BCUT2D eigenvalue weighted by atomic mass is 16.1. The van der Waals surface area contributed by atoms with Gasteiger partial charge in [0.25, 0.3) is 0 Å². The van der Waals surface area contributed by atoms with E-state index in [0.29, 0.717) is 18.9 Å². The summed E-state index contributed by atoms with van der Waals surface area (Å²) < 4.78 is 0. The first kappa shape index (κ1) is 19.2. The first-order chi connectivity index (χ1) is 13.0. The Bertz CT molecular complexity index is 939.